The van der Waals surface area contributed by atoms with E-state index in [0.717, 1.165) is 19.5 Å². The Bertz CT molecular complexity index is 499. The summed E-state index contributed by atoms with van der Waals surface area (Å²) in [6.07, 6.45) is 1.04. The van der Waals surface area contributed by atoms with Gasteiger partial charge in [-0.2, -0.15) is 0 Å². The van der Waals surface area contributed by atoms with E-state index < -0.39 is 0 Å². The topological polar surface area (TPSA) is 40.5 Å². The van der Waals surface area contributed by atoms with Gasteiger partial charge in [-0.15, -0.1) is 0 Å². The Morgan fingerprint density at radius 1 is 1.47 bits per heavy atom. The van der Waals surface area contributed by atoms with Crippen LogP contribution in [0.15, 0.2) is 12.1 Å². The third-order valence-electron chi connectivity index (χ3n) is 4.00. The van der Waals surface area contributed by atoms with Crippen LogP contribution in [0.2, 0.25) is 5.02 Å². The van der Waals surface area contributed by atoms with Gasteiger partial charge in [0.15, 0.2) is 0 Å². The Kier molecular flexibility index (Phi) is 4.04. The van der Waals surface area contributed by atoms with Crippen molar-refractivity contribution in [2.24, 2.45) is 11.8 Å². The monoisotopic (exact) mass is 281 g/mol. The third-order valence-corrected chi connectivity index (χ3v) is 4.39. The highest BCUT2D eigenvalue weighted by Gasteiger charge is 2.30. The molecule has 1 unspecified atom stereocenters. The predicted molar refractivity (Wildman–Crippen MR) is 76.7 cm³/mol. The minimum atomic E-state index is -0.0801. The fourth-order valence-electron chi connectivity index (χ4n) is 2.51. The third kappa shape index (κ3) is 2.71. The molecule has 19 heavy (non-hydrogen) atoms. The zero-order valence-electron chi connectivity index (χ0n) is 11.6. The van der Waals surface area contributed by atoms with Gasteiger partial charge < -0.3 is 10.0 Å². The fraction of sp³-hybridized carbons (Fsp3) is 0.533. The van der Waals surface area contributed by atoms with E-state index in [2.05, 4.69) is 13.8 Å². The SMILES string of the molecule is Cc1ccc(C(=O)N2CCC(C(C)C)C2)c(Cl)c1O. The van der Waals surface area contributed by atoms with Gasteiger partial charge in [0.25, 0.3) is 5.91 Å². The molecule has 1 atom stereocenters. The molecule has 1 aromatic carbocycles. The van der Waals surface area contributed by atoms with Crippen molar-refractivity contribution in [1.82, 2.24) is 4.90 Å². The second kappa shape index (κ2) is 5.41. The summed E-state index contributed by atoms with van der Waals surface area (Å²) < 4.78 is 0. The number of hydrogen-bond acceptors (Lipinski definition) is 2. The molecule has 1 amide bonds. The van der Waals surface area contributed by atoms with E-state index in [-0.39, 0.29) is 16.7 Å². The largest absolute Gasteiger partial charge is 0.506 e. The Labute approximate surface area is 119 Å². The van der Waals surface area contributed by atoms with E-state index >= 15 is 0 Å². The van der Waals surface area contributed by atoms with Crippen molar-refractivity contribution in [3.8, 4) is 5.75 Å². The van der Waals surface area contributed by atoms with Crippen molar-refractivity contribution < 1.29 is 9.90 Å². The summed E-state index contributed by atoms with van der Waals surface area (Å²) in [7, 11) is 0. The number of halogens is 1. The van der Waals surface area contributed by atoms with Crippen LogP contribution in [-0.2, 0) is 0 Å². The molecule has 0 spiro atoms. The van der Waals surface area contributed by atoms with Crippen LogP contribution >= 0.6 is 11.6 Å². The standard InChI is InChI=1S/C15H20ClNO2/c1-9(2)11-6-7-17(8-11)15(19)12-5-4-10(3)14(18)13(12)16/h4-5,9,11,18H,6-8H2,1-3H3. The van der Waals surface area contributed by atoms with Gasteiger partial charge in [0, 0.05) is 13.1 Å². The highest BCUT2D eigenvalue weighted by atomic mass is 35.5. The second-order valence-corrected chi connectivity index (χ2v) is 6.01. The number of amides is 1. The van der Waals surface area contributed by atoms with Crippen LogP contribution in [-0.4, -0.2) is 29.0 Å². The zero-order chi connectivity index (χ0) is 14.2. The average molecular weight is 282 g/mol. The molecule has 1 saturated heterocycles. The lowest BCUT2D eigenvalue weighted by atomic mass is 9.95. The highest BCUT2D eigenvalue weighted by Crippen LogP contribution is 2.32. The maximum atomic E-state index is 12.4. The number of phenolic OH excluding ortho intramolecular Hbond substituents is 1. The van der Waals surface area contributed by atoms with Gasteiger partial charge in [0.1, 0.15) is 5.75 Å². The Morgan fingerprint density at radius 3 is 2.74 bits per heavy atom. The van der Waals surface area contributed by atoms with E-state index in [4.69, 9.17) is 11.6 Å². The normalized spacial score (nSPS) is 19.2. The quantitative estimate of drug-likeness (QED) is 0.902. The zero-order valence-corrected chi connectivity index (χ0v) is 12.4. The number of rotatable bonds is 2. The minimum absolute atomic E-state index is 0.00660. The number of hydrogen-bond donors (Lipinski definition) is 1. The van der Waals surface area contributed by atoms with Gasteiger partial charge in [0.2, 0.25) is 0 Å². The second-order valence-electron chi connectivity index (χ2n) is 5.64. The number of benzene rings is 1. The number of likely N-dealkylation sites (tertiary alicyclic amines) is 1. The molecule has 104 valence electrons. The number of carbonyl (C=O) groups excluding carboxylic acids is 1. The number of phenols is 1. The van der Waals surface area contributed by atoms with Crippen molar-refractivity contribution in [3.05, 3.63) is 28.3 Å². The molecule has 1 aliphatic heterocycles. The Balaban J connectivity index is 2.20. The Hall–Kier alpha value is -1.22. The number of nitrogens with zero attached hydrogens (tertiary/aromatic N) is 1. The van der Waals surface area contributed by atoms with Gasteiger partial charge in [-0.3, -0.25) is 4.79 Å². The maximum Gasteiger partial charge on any atom is 0.255 e. The first-order valence-electron chi connectivity index (χ1n) is 6.69. The van der Waals surface area contributed by atoms with Gasteiger partial charge in [-0.05, 0) is 36.8 Å². The lowest BCUT2D eigenvalue weighted by molar-refractivity contribution is 0.0784. The Morgan fingerprint density at radius 2 is 2.16 bits per heavy atom. The van der Waals surface area contributed by atoms with E-state index in [9.17, 15) is 9.90 Å². The lowest BCUT2D eigenvalue weighted by Crippen LogP contribution is -2.29. The van der Waals surface area contributed by atoms with Crippen molar-refractivity contribution >= 4 is 17.5 Å². The first-order chi connectivity index (χ1) is 8.91. The molecule has 1 heterocycles. The first-order valence-corrected chi connectivity index (χ1v) is 7.07. The van der Waals surface area contributed by atoms with Crippen LogP contribution in [0.5, 0.6) is 5.75 Å². The molecule has 0 radical (unpaired) electrons. The minimum Gasteiger partial charge on any atom is -0.506 e. The summed E-state index contributed by atoms with van der Waals surface area (Å²) in [6, 6.07) is 3.42. The van der Waals surface area contributed by atoms with Gasteiger partial charge in [-0.1, -0.05) is 31.5 Å². The van der Waals surface area contributed by atoms with Crippen LogP contribution in [0.4, 0.5) is 0 Å². The molecule has 1 aromatic rings. The molecule has 2 rings (SSSR count). The number of aromatic hydroxyl groups is 1. The van der Waals surface area contributed by atoms with Crippen LogP contribution < -0.4 is 0 Å². The summed E-state index contributed by atoms with van der Waals surface area (Å²) in [4.78, 5) is 14.3. The van der Waals surface area contributed by atoms with Crippen molar-refractivity contribution in [1.29, 1.82) is 0 Å². The van der Waals surface area contributed by atoms with Gasteiger partial charge >= 0.3 is 0 Å². The van der Waals surface area contributed by atoms with E-state index in [0.29, 0.717) is 23.0 Å². The molecule has 1 fully saturated rings. The summed E-state index contributed by atoms with van der Waals surface area (Å²) in [5.41, 5.74) is 1.08. The molecule has 4 heteroatoms. The summed E-state index contributed by atoms with van der Waals surface area (Å²) in [5.74, 6) is 1.07. The maximum absolute atomic E-state index is 12.4. The fourth-order valence-corrected chi connectivity index (χ4v) is 2.81. The van der Waals surface area contributed by atoms with Crippen molar-refractivity contribution in [2.75, 3.05) is 13.1 Å². The molecular formula is C15H20ClNO2. The van der Waals surface area contributed by atoms with Gasteiger partial charge in [0.05, 0.1) is 10.6 Å². The average Bonchev–Trinajstić information content (AvgIpc) is 2.85. The van der Waals surface area contributed by atoms with Crippen LogP contribution in [0.1, 0.15) is 36.2 Å². The predicted octanol–water partition coefficient (Wildman–Crippen LogP) is 3.47. The summed E-state index contributed by atoms with van der Waals surface area (Å²) >= 11 is 6.07. The molecular weight excluding hydrogens is 262 g/mol. The number of aryl methyl sites for hydroxylation is 1. The number of carbonyl (C=O) groups is 1. The molecule has 0 saturated carbocycles. The van der Waals surface area contributed by atoms with E-state index in [1.54, 1.807) is 19.1 Å². The van der Waals surface area contributed by atoms with Crippen LogP contribution in [0.3, 0.4) is 0 Å². The summed E-state index contributed by atoms with van der Waals surface area (Å²) in [6.45, 7) is 7.68. The van der Waals surface area contributed by atoms with E-state index in [1.165, 1.54) is 0 Å². The molecule has 1 aliphatic rings. The van der Waals surface area contributed by atoms with Crippen molar-refractivity contribution in [3.63, 3.8) is 0 Å². The first kappa shape index (κ1) is 14.2. The van der Waals surface area contributed by atoms with E-state index in [1.807, 2.05) is 4.90 Å². The smallest absolute Gasteiger partial charge is 0.255 e. The molecule has 1 N–H and O–H groups in total. The summed E-state index contributed by atoms with van der Waals surface area (Å²) in [5, 5.41) is 9.98. The van der Waals surface area contributed by atoms with Crippen molar-refractivity contribution in [2.45, 2.75) is 27.2 Å². The van der Waals surface area contributed by atoms with Gasteiger partial charge in [-0.25, -0.2) is 0 Å². The molecule has 3 nitrogen and oxygen atoms in total. The van der Waals surface area contributed by atoms with Crippen LogP contribution in [0, 0.1) is 18.8 Å². The molecule has 0 aliphatic carbocycles. The lowest BCUT2D eigenvalue weighted by Gasteiger charge is -2.19. The highest BCUT2D eigenvalue weighted by molar-refractivity contribution is 6.35. The molecule has 0 aromatic heterocycles. The molecule has 0 bridgehead atoms. The van der Waals surface area contributed by atoms with Crippen LogP contribution in [0.25, 0.3) is 0 Å².